The molecular formula is C17H26O2. The van der Waals surface area contributed by atoms with E-state index in [4.69, 9.17) is 4.74 Å². The van der Waals surface area contributed by atoms with Gasteiger partial charge in [-0.2, -0.15) is 0 Å². The van der Waals surface area contributed by atoms with Crippen molar-refractivity contribution < 1.29 is 9.84 Å². The van der Waals surface area contributed by atoms with Crippen molar-refractivity contribution in [3.8, 4) is 5.75 Å². The summed E-state index contributed by atoms with van der Waals surface area (Å²) >= 11 is 0. The van der Waals surface area contributed by atoms with Gasteiger partial charge in [0.1, 0.15) is 11.9 Å². The lowest BCUT2D eigenvalue weighted by Gasteiger charge is -2.17. The van der Waals surface area contributed by atoms with Crippen molar-refractivity contribution in [2.24, 2.45) is 0 Å². The van der Waals surface area contributed by atoms with E-state index in [2.05, 4.69) is 13.0 Å². The van der Waals surface area contributed by atoms with E-state index in [1.165, 1.54) is 37.7 Å². The van der Waals surface area contributed by atoms with Crippen LogP contribution in [-0.2, 0) is 6.42 Å². The zero-order chi connectivity index (χ0) is 13.5. The van der Waals surface area contributed by atoms with Crippen molar-refractivity contribution in [1.29, 1.82) is 0 Å². The number of benzene rings is 1. The molecule has 2 heteroatoms. The molecule has 0 aliphatic carbocycles. The summed E-state index contributed by atoms with van der Waals surface area (Å²) in [5, 5.41) is 10.2. The average molecular weight is 262 g/mol. The maximum atomic E-state index is 10.2. The normalized spacial score (nSPS) is 18.9. The molecule has 2 unspecified atom stereocenters. The molecule has 1 N–H and O–H groups in total. The lowest BCUT2D eigenvalue weighted by molar-refractivity contribution is 0.0422. The average Bonchev–Trinajstić information content (AvgIpc) is 2.86. The van der Waals surface area contributed by atoms with Gasteiger partial charge in [0.05, 0.1) is 6.10 Å². The lowest BCUT2D eigenvalue weighted by atomic mass is 10.0. The standard InChI is InChI=1S/C17H26O2/c1-2-3-4-5-6-7-11-15(18)17-13-14-10-8-9-12-16(14)19-17/h8-10,12,15,17-18H,2-7,11,13H2,1H3. The highest BCUT2D eigenvalue weighted by Gasteiger charge is 2.28. The second kappa shape index (κ2) is 7.54. The highest BCUT2D eigenvalue weighted by molar-refractivity contribution is 5.37. The van der Waals surface area contributed by atoms with Crippen molar-refractivity contribution in [2.45, 2.75) is 70.5 Å². The smallest absolute Gasteiger partial charge is 0.129 e. The number of rotatable bonds is 8. The summed E-state index contributed by atoms with van der Waals surface area (Å²) < 4.78 is 5.81. The van der Waals surface area contributed by atoms with Crippen molar-refractivity contribution in [3.63, 3.8) is 0 Å². The van der Waals surface area contributed by atoms with Crippen LogP contribution in [0.4, 0.5) is 0 Å². The van der Waals surface area contributed by atoms with Crippen LogP contribution in [0.25, 0.3) is 0 Å². The quantitative estimate of drug-likeness (QED) is 0.715. The van der Waals surface area contributed by atoms with E-state index in [0.717, 1.165) is 25.0 Å². The fourth-order valence-electron chi connectivity index (χ4n) is 2.74. The number of aliphatic hydroxyl groups is 1. The monoisotopic (exact) mass is 262 g/mol. The van der Waals surface area contributed by atoms with Gasteiger partial charge in [-0.15, -0.1) is 0 Å². The predicted molar refractivity (Wildman–Crippen MR) is 78.6 cm³/mol. The highest BCUT2D eigenvalue weighted by Crippen LogP contribution is 2.30. The van der Waals surface area contributed by atoms with Crippen molar-refractivity contribution in [3.05, 3.63) is 29.8 Å². The Labute approximate surface area is 116 Å². The first-order chi connectivity index (χ1) is 9.31. The molecule has 1 aliphatic heterocycles. The van der Waals surface area contributed by atoms with Crippen LogP contribution in [0.15, 0.2) is 24.3 Å². The van der Waals surface area contributed by atoms with Crippen LogP contribution in [-0.4, -0.2) is 17.3 Å². The summed E-state index contributed by atoms with van der Waals surface area (Å²) in [6, 6.07) is 8.10. The molecule has 1 heterocycles. The zero-order valence-corrected chi connectivity index (χ0v) is 12.0. The number of unbranched alkanes of at least 4 members (excludes halogenated alkanes) is 5. The van der Waals surface area contributed by atoms with Gasteiger partial charge in [0.15, 0.2) is 0 Å². The van der Waals surface area contributed by atoms with E-state index >= 15 is 0 Å². The minimum absolute atomic E-state index is 0.0342. The van der Waals surface area contributed by atoms with E-state index in [1.54, 1.807) is 0 Å². The Morgan fingerprint density at radius 2 is 1.89 bits per heavy atom. The van der Waals surface area contributed by atoms with Crippen LogP contribution >= 0.6 is 0 Å². The third-order valence-electron chi connectivity index (χ3n) is 3.95. The van der Waals surface area contributed by atoms with Gasteiger partial charge in [-0.25, -0.2) is 0 Å². The first-order valence-corrected chi connectivity index (χ1v) is 7.74. The van der Waals surface area contributed by atoms with Gasteiger partial charge >= 0.3 is 0 Å². The molecule has 19 heavy (non-hydrogen) atoms. The predicted octanol–water partition coefficient (Wildman–Crippen LogP) is 4.10. The molecule has 1 aromatic rings. The Kier molecular flexibility index (Phi) is 5.71. The zero-order valence-electron chi connectivity index (χ0n) is 12.0. The third-order valence-corrected chi connectivity index (χ3v) is 3.95. The molecular weight excluding hydrogens is 236 g/mol. The summed E-state index contributed by atoms with van der Waals surface area (Å²) in [5.74, 6) is 0.953. The topological polar surface area (TPSA) is 29.5 Å². The van der Waals surface area contributed by atoms with Gasteiger partial charge in [-0.3, -0.25) is 0 Å². The van der Waals surface area contributed by atoms with E-state index in [9.17, 15) is 5.11 Å². The minimum atomic E-state index is -0.321. The molecule has 2 atom stereocenters. The van der Waals surface area contributed by atoms with Crippen LogP contribution in [0, 0.1) is 0 Å². The second-order valence-corrected chi connectivity index (χ2v) is 5.59. The van der Waals surface area contributed by atoms with Crippen LogP contribution in [0.1, 0.15) is 57.4 Å². The van der Waals surface area contributed by atoms with Gasteiger partial charge in [0.2, 0.25) is 0 Å². The van der Waals surface area contributed by atoms with Crippen LogP contribution in [0.2, 0.25) is 0 Å². The number of fused-ring (bicyclic) bond motifs is 1. The highest BCUT2D eigenvalue weighted by atomic mass is 16.5. The Hall–Kier alpha value is -1.02. The molecule has 0 amide bonds. The molecule has 1 aliphatic rings. The molecule has 0 aromatic heterocycles. The first kappa shape index (κ1) is 14.4. The Bertz CT molecular complexity index is 350. The Morgan fingerprint density at radius 3 is 2.68 bits per heavy atom. The van der Waals surface area contributed by atoms with Crippen molar-refractivity contribution in [2.75, 3.05) is 0 Å². The Balaban J connectivity index is 1.64. The number of ether oxygens (including phenoxy) is 1. The number of hydrogen-bond donors (Lipinski definition) is 1. The van der Waals surface area contributed by atoms with Crippen molar-refractivity contribution in [1.82, 2.24) is 0 Å². The SMILES string of the molecule is CCCCCCCCC(O)C1Cc2ccccc2O1. The van der Waals surface area contributed by atoms with Gasteiger partial charge in [-0.1, -0.05) is 63.6 Å². The molecule has 106 valence electrons. The molecule has 2 nitrogen and oxygen atoms in total. The van der Waals surface area contributed by atoms with Gasteiger partial charge in [0, 0.05) is 6.42 Å². The van der Waals surface area contributed by atoms with Gasteiger partial charge in [0.25, 0.3) is 0 Å². The summed E-state index contributed by atoms with van der Waals surface area (Å²) in [6.07, 6.45) is 8.96. The molecule has 2 rings (SSSR count). The summed E-state index contributed by atoms with van der Waals surface area (Å²) in [4.78, 5) is 0. The lowest BCUT2D eigenvalue weighted by Crippen LogP contribution is -2.30. The fraction of sp³-hybridized carbons (Fsp3) is 0.647. The molecule has 1 aromatic carbocycles. The van der Waals surface area contributed by atoms with E-state index in [-0.39, 0.29) is 12.2 Å². The van der Waals surface area contributed by atoms with E-state index < -0.39 is 0 Å². The molecule has 0 saturated heterocycles. The molecule has 0 saturated carbocycles. The second-order valence-electron chi connectivity index (χ2n) is 5.59. The Morgan fingerprint density at radius 1 is 1.16 bits per heavy atom. The maximum absolute atomic E-state index is 10.2. The van der Waals surface area contributed by atoms with Crippen LogP contribution in [0.5, 0.6) is 5.75 Å². The van der Waals surface area contributed by atoms with Gasteiger partial charge < -0.3 is 9.84 Å². The first-order valence-electron chi connectivity index (χ1n) is 7.74. The summed E-state index contributed by atoms with van der Waals surface area (Å²) in [6.45, 7) is 2.23. The third kappa shape index (κ3) is 4.24. The molecule has 0 spiro atoms. The number of aliphatic hydroxyl groups excluding tert-OH is 1. The number of hydrogen-bond acceptors (Lipinski definition) is 2. The van der Waals surface area contributed by atoms with Crippen molar-refractivity contribution >= 4 is 0 Å². The number of para-hydroxylation sites is 1. The summed E-state index contributed by atoms with van der Waals surface area (Å²) in [5.41, 5.74) is 1.23. The molecule has 0 radical (unpaired) electrons. The molecule has 0 bridgehead atoms. The van der Waals surface area contributed by atoms with Crippen LogP contribution < -0.4 is 4.74 Å². The largest absolute Gasteiger partial charge is 0.487 e. The van der Waals surface area contributed by atoms with E-state index in [0.29, 0.717) is 0 Å². The minimum Gasteiger partial charge on any atom is -0.487 e. The fourth-order valence-corrected chi connectivity index (χ4v) is 2.74. The summed E-state index contributed by atoms with van der Waals surface area (Å²) in [7, 11) is 0. The molecule has 0 fully saturated rings. The maximum Gasteiger partial charge on any atom is 0.129 e. The van der Waals surface area contributed by atoms with Crippen LogP contribution in [0.3, 0.4) is 0 Å². The van der Waals surface area contributed by atoms with Gasteiger partial charge in [-0.05, 0) is 18.1 Å². The van der Waals surface area contributed by atoms with E-state index in [1.807, 2.05) is 18.2 Å².